The van der Waals surface area contributed by atoms with Crippen LogP contribution in [0, 0.1) is 0 Å². The first-order valence-corrected chi connectivity index (χ1v) is 7.27. The van der Waals surface area contributed by atoms with Gasteiger partial charge in [0.15, 0.2) is 0 Å². The van der Waals surface area contributed by atoms with Gasteiger partial charge in [-0.2, -0.15) is 0 Å². The van der Waals surface area contributed by atoms with Gasteiger partial charge in [0.05, 0.1) is 26.4 Å². The fourth-order valence-corrected chi connectivity index (χ4v) is 2.51. The van der Waals surface area contributed by atoms with Crippen LogP contribution in [0.15, 0.2) is 0 Å². The molecule has 0 aromatic heterocycles. The predicted molar refractivity (Wildman–Crippen MR) is 70.3 cm³/mol. The molecule has 7 heteroatoms. The highest BCUT2D eigenvalue weighted by Gasteiger charge is 2.37. The Balaban J connectivity index is 1.63. The number of morpholine rings is 2. The smallest absolute Gasteiger partial charge is 0.321 e. The largest absolute Gasteiger partial charge is 0.378 e. The minimum Gasteiger partial charge on any atom is -0.378 e. The summed E-state index contributed by atoms with van der Waals surface area (Å²) in [5, 5.41) is 2.96. The zero-order valence-corrected chi connectivity index (χ0v) is 11.5. The Morgan fingerprint density at radius 1 is 1.00 bits per heavy atom. The molecule has 1 aliphatic carbocycles. The Morgan fingerprint density at radius 3 is 2.40 bits per heavy atom. The van der Waals surface area contributed by atoms with Gasteiger partial charge in [0.25, 0.3) is 0 Å². The third kappa shape index (κ3) is 3.04. The van der Waals surface area contributed by atoms with Crippen LogP contribution in [0.4, 0.5) is 4.79 Å². The molecule has 0 radical (unpaired) electrons. The first-order valence-electron chi connectivity index (χ1n) is 7.27. The van der Waals surface area contributed by atoms with Crippen LogP contribution in [-0.4, -0.2) is 79.9 Å². The van der Waals surface area contributed by atoms with E-state index in [1.54, 1.807) is 9.80 Å². The third-order valence-electron chi connectivity index (χ3n) is 3.88. The molecule has 3 amide bonds. The van der Waals surface area contributed by atoms with Crippen molar-refractivity contribution in [3.63, 3.8) is 0 Å². The number of hydrogen-bond acceptors (Lipinski definition) is 4. The molecule has 1 atom stereocenters. The van der Waals surface area contributed by atoms with Gasteiger partial charge in [-0.05, 0) is 12.8 Å². The molecule has 0 aromatic carbocycles. The lowest BCUT2D eigenvalue weighted by molar-refractivity contribution is -0.131. The van der Waals surface area contributed by atoms with E-state index >= 15 is 0 Å². The van der Waals surface area contributed by atoms with Crippen molar-refractivity contribution in [1.82, 2.24) is 15.1 Å². The molecule has 3 aliphatic rings. The van der Waals surface area contributed by atoms with Crippen LogP contribution in [0.3, 0.4) is 0 Å². The first kappa shape index (κ1) is 13.6. The summed E-state index contributed by atoms with van der Waals surface area (Å²) < 4.78 is 10.6. The van der Waals surface area contributed by atoms with Crippen LogP contribution >= 0.6 is 0 Å². The molecule has 0 spiro atoms. The quantitative estimate of drug-likeness (QED) is 0.736. The van der Waals surface area contributed by atoms with E-state index in [0.717, 1.165) is 12.8 Å². The van der Waals surface area contributed by atoms with Gasteiger partial charge in [-0.15, -0.1) is 0 Å². The third-order valence-corrected chi connectivity index (χ3v) is 3.88. The predicted octanol–water partition coefficient (Wildman–Crippen LogP) is -0.582. The molecule has 2 aliphatic heterocycles. The normalized spacial score (nSPS) is 27.3. The van der Waals surface area contributed by atoms with Crippen molar-refractivity contribution in [3.8, 4) is 0 Å². The standard InChI is InChI=1S/C13H21N3O4/c17-12(14-10-1-2-10)11-9-20-8-5-16(11)13(18)15-3-6-19-7-4-15/h10-11H,1-9H2,(H,14,17). The molecule has 7 nitrogen and oxygen atoms in total. The van der Waals surface area contributed by atoms with E-state index in [2.05, 4.69) is 5.32 Å². The topological polar surface area (TPSA) is 71.1 Å². The van der Waals surface area contributed by atoms with E-state index in [9.17, 15) is 9.59 Å². The van der Waals surface area contributed by atoms with Crippen molar-refractivity contribution in [3.05, 3.63) is 0 Å². The van der Waals surface area contributed by atoms with Crippen molar-refractivity contribution in [2.45, 2.75) is 24.9 Å². The monoisotopic (exact) mass is 283 g/mol. The number of amides is 3. The fourth-order valence-electron chi connectivity index (χ4n) is 2.51. The molecule has 0 aromatic rings. The van der Waals surface area contributed by atoms with Crippen molar-refractivity contribution in [2.24, 2.45) is 0 Å². The summed E-state index contributed by atoms with van der Waals surface area (Å²) in [5.74, 6) is -0.0891. The first-order chi connectivity index (χ1) is 9.75. The molecule has 3 fully saturated rings. The van der Waals surface area contributed by atoms with Crippen LogP contribution < -0.4 is 5.32 Å². The highest BCUT2D eigenvalue weighted by molar-refractivity contribution is 5.87. The molecule has 3 rings (SSSR count). The van der Waals surface area contributed by atoms with Crippen molar-refractivity contribution in [1.29, 1.82) is 0 Å². The zero-order valence-electron chi connectivity index (χ0n) is 11.5. The zero-order chi connectivity index (χ0) is 13.9. The molecular weight excluding hydrogens is 262 g/mol. The van der Waals surface area contributed by atoms with Gasteiger partial charge < -0.3 is 24.6 Å². The highest BCUT2D eigenvalue weighted by Crippen LogP contribution is 2.20. The van der Waals surface area contributed by atoms with Gasteiger partial charge in [0.1, 0.15) is 6.04 Å². The summed E-state index contributed by atoms with van der Waals surface area (Å²) in [4.78, 5) is 28.1. The lowest BCUT2D eigenvalue weighted by Gasteiger charge is -2.39. The Morgan fingerprint density at radius 2 is 1.70 bits per heavy atom. The number of nitrogens with one attached hydrogen (secondary N) is 1. The Hall–Kier alpha value is -1.34. The molecule has 20 heavy (non-hydrogen) atoms. The second-order valence-corrected chi connectivity index (χ2v) is 5.45. The van der Waals surface area contributed by atoms with Crippen LogP contribution in [0.1, 0.15) is 12.8 Å². The molecule has 1 unspecified atom stereocenters. The van der Waals surface area contributed by atoms with E-state index < -0.39 is 6.04 Å². The second-order valence-electron chi connectivity index (χ2n) is 5.45. The maximum Gasteiger partial charge on any atom is 0.321 e. The second kappa shape index (κ2) is 5.97. The van der Waals surface area contributed by atoms with Crippen LogP contribution in [-0.2, 0) is 14.3 Å². The van der Waals surface area contributed by atoms with Crippen molar-refractivity contribution >= 4 is 11.9 Å². The SMILES string of the molecule is O=C(NC1CC1)C1COCCN1C(=O)N1CCOCC1. The van der Waals surface area contributed by atoms with Gasteiger partial charge in [-0.25, -0.2) is 4.79 Å². The lowest BCUT2D eigenvalue weighted by atomic mass is 10.2. The molecule has 2 heterocycles. The average molecular weight is 283 g/mol. The summed E-state index contributed by atoms with van der Waals surface area (Å²) in [6, 6.07) is -0.281. The van der Waals surface area contributed by atoms with E-state index in [1.165, 1.54) is 0 Å². The number of carbonyl (C=O) groups excluding carboxylic acids is 2. The van der Waals surface area contributed by atoms with E-state index in [1.807, 2.05) is 0 Å². The Labute approximate surface area is 118 Å². The highest BCUT2D eigenvalue weighted by atomic mass is 16.5. The molecule has 0 bridgehead atoms. The fraction of sp³-hybridized carbons (Fsp3) is 0.846. The number of urea groups is 1. The van der Waals surface area contributed by atoms with E-state index in [4.69, 9.17) is 9.47 Å². The number of rotatable bonds is 2. The Bertz CT molecular complexity index is 380. The molecule has 112 valence electrons. The van der Waals surface area contributed by atoms with Crippen LogP contribution in [0.2, 0.25) is 0 Å². The molecular formula is C13H21N3O4. The summed E-state index contributed by atoms with van der Waals surface area (Å²) in [7, 11) is 0. The minimum absolute atomic E-state index is 0.0763. The molecule has 1 saturated carbocycles. The Kier molecular flexibility index (Phi) is 4.07. The summed E-state index contributed by atoms with van der Waals surface area (Å²) in [5.41, 5.74) is 0. The van der Waals surface area contributed by atoms with Crippen molar-refractivity contribution < 1.29 is 19.1 Å². The number of nitrogens with zero attached hydrogens (tertiary/aromatic N) is 2. The lowest BCUT2D eigenvalue weighted by Crippen LogP contribution is -2.60. The van der Waals surface area contributed by atoms with Gasteiger partial charge in [0.2, 0.25) is 5.91 Å². The average Bonchev–Trinajstić information content (AvgIpc) is 3.31. The van der Waals surface area contributed by atoms with Crippen molar-refractivity contribution in [2.75, 3.05) is 46.1 Å². The number of carbonyl (C=O) groups is 2. The van der Waals surface area contributed by atoms with Gasteiger partial charge >= 0.3 is 6.03 Å². The van der Waals surface area contributed by atoms with Crippen LogP contribution in [0.25, 0.3) is 0 Å². The summed E-state index contributed by atoms with van der Waals surface area (Å²) in [6.45, 7) is 3.56. The van der Waals surface area contributed by atoms with Gasteiger partial charge in [-0.3, -0.25) is 4.79 Å². The summed E-state index contributed by atoms with van der Waals surface area (Å²) in [6.07, 6.45) is 2.08. The number of hydrogen-bond donors (Lipinski definition) is 1. The van der Waals surface area contributed by atoms with Gasteiger partial charge in [0, 0.05) is 25.7 Å². The summed E-state index contributed by atoms with van der Waals surface area (Å²) >= 11 is 0. The van der Waals surface area contributed by atoms with Gasteiger partial charge in [-0.1, -0.05) is 0 Å². The van der Waals surface area contributed by atoms with Crippen LogP contribution in [0.5, 0.6) is 0 Å². The van der Waals surface area contributed by atoms with E-state index in [-0.39, 0.29) is 18.5 Å². The molecule has 1 N–H and O–H groups in total. The number of ether oxygens (including phenoxy) is 2. The maximum atomic E-state index is 12.5. The molecule has 2 saturated heterocycles. The minimum atomic E-state index is -0.500. The maximum absolute atomic E-state index is 12.5. The van der Waals surface area contributed by atoms with E-state index in [0.29, 0.717) is 45.5 Å².